The lowest BCUT2D eigenvalue weighted by atomic mass is 10.2. The van der Waals surface area contributed by atoms with Gasteiger partial charge in [-0.1, -0.05) is 19.9 Å². The van der Waals surface area contributed by atoms with E-state index in [1.54, 1.807) is 0 Å². The second kappa shape index (κ2) is 6.16. The van der Waals surface area contributed by atoms with Gasteiger partial charge in [-0.15, -0.1) is 10.2 Å². The maximum Gasteiger partial charge on any atom is 0.197 e. The summed E-state index contributed by atoms with van der Waals surface area (Å²) in [5.74, 6) is 0.903. The maximum atomic E-state index is 4.44. The number of pyridine rings is 1. The maximum absolute atomic E-state index is 4.44. The Labute approximate surface area is 117 Å². The van der Waals surface area contributed by atoms with Crippen LogP contribution in [0.4, 0.5) is 0 Å². The summed E-state index contributed by atoms with van der Waals surface area (Å²) in [6.45, 7) is 7.05. The molecule has 0 atom stereocenters. The molecule has 2 heterocycles. The van der Waals surface area contributed by atoms with Gasteiger partial charge >= 0.3 is 0 Å². The van der Waals surface area contributed by atoms with Crippen LogP contribution in [0.15, 0.2) is 28.5 Å². The predicted octanol–water partition coefficient (Wildman–Crippen LogP) is 2.17. The standard InChI is InChI=1S/C13H19N5S/c1-9(2)14-7-11-5-6-12(15-8-11)19-13-17-16-10(3)18(13)4/h5-6,8-9,14H,7H2,1-4H3. The van der Waals surface area contributed by atoms with Gasteiger partial charge in [-0.25, -0.2) is 4.98 Å². The zero-order valence-corrected chi connectivity index (χ0v) is 12.5. The van der Waals surface area contributed by atoms with Crippen LogP contribution < -0.4 is 5.32 Å². The van der Waals surface area contributed by atoms with Crippen LogP contribution in [0.5, 0.6) is 0 Å². The quantitative estimate of drug-likeness (QED) is 0.907. The number of nitrogens with zero attached hydrogens (tertiary/aromatic N) is 4. The van der Waals surface area contributed by atoms with Gasteiger partial charge in [0.15, 0.2) is 5.16 Å². The third-order valence-corrected chi connectivity index (χ3v) is 3.75. The van der Waals surface area contributed by atoms with Crippen molar-refractivity contribution in [3.63, 3.8) is 0 Å². The summed E-state index contributed by atoms with van der Waals surface area (Å²) in [5, 5.41) is 13.3. The molecule has 0 fully saturated rings. The van der Waals surface area contributed by atoms with Crippen LogP contribution in [-0.2, 0) is 13.6 Å². The fraction of sp³-hybridized carbons (Fsp3) is 0.462. The highest BCUT2D eigenvalue weighted by Crippen LogP contribution is 2.23. The first kappa shape index (κ1) is 14.0. The van der Waals surface area contributed by atoms with Crippen LogP contribution in [0.3, 0.4) is 0 Å². The SMILES string of the molecule is Cc1nnc(Sc2ccc(CNC(C)C)cn2)n1C. The monoisotopic (exact) mass is 277 g/mol. The molecule has 5 nitrogen and oxygen atoms in total. The van der Waals surface area contributed by atoms with Crippen molar-refractivity contribution < 1.29 is 0 Å². The number of rotatable bonds is 5. The number of aryl methyl sites for hydroxylation is 1. The van der Waals surface area contributed by atoms with E-state index in [9.17, 15) is 0 Å². The van der Waals surface area contributed by atoms with E-state index in [0.29, 0.717) is 6.04 Å². The molecule has 0 aliphatic carbocycles. The lowest BCUT2D eigenvalue weighted by Crippen LogP contribution is -2.21. The molecule has 6 heteroatoms. The molecule has 0 aliphatic rings. The molecular weight excluding hydrogens is 258 g/mol. The van der Waals surface area contributed by atoms with E-state index in [-0.39, 0.29) is 0 Å². The smallest absolute Gasteiger partial charge is 0.197 e. The summed E-state index contributed by atoms with van der Waals surface area (Å²) in [7, 11) is 1.96. The Morgan fingerprint density at radius 2 is 2.11 bits per heavy atom. The van der Waals surface area contributed by atoms with E-state index >= 15 is 0 Å². The molecule has 0 radical (unpaired) electrons. The molecule has 0 spiro atoms. The molecule has 0 bridgehead atoms. The molecule has 2 aromatic heterocycles. The average molecular weight is 277 g/mol. The minimum Gasteiger partial charge on any atom is -0.310 e. The van der Waals surface area contributed by atoms with Crippen molar-refractivity contribution in [1.82, 2.24) is 25.1 Å². The Morgan fingerprint density at radius 1 is 1.32 bits per heavy atom. The van der Waals surface area contributed by atoms with Crippen LogP contribution in [0, 0.1) is 6.92 Å². The van der Waals surface area contributed by atoms with Crippen molar-refractivity contribution in [2.45, 2.75) is 43.5 Å². The fourth-order valence-electron chi connectivity index (χ4n) is 1.47. The third-order valence-electron chi connectivity index (χ3n) is 2.76. The summed E-state index contributed by atoms with van der Waals surface area (Å²) in [6, 6.07) is 4.59. The van der Waals surface area contributed by atoms with Gasteiger partial charge < -0.3 is 9.88 Å². The summed E-state index contributed by atoms with van der Waals surface area (Å²) < 4.78 is 1.96. The molecule has 0 aromatic carbocycles. The minimum atomic E-state index is 0.482. The van der Waals surface area contributed by atoms with E-state index in [1.807, 2.05) is 30.8 Å². The van der Waals surface area contributed by atoms with Crippen molar-refractivity contribution in [2.24, 2.45) is 7.05 Å². The van der Waals surface area contributed by atoms with Gasteiger partial charge in [-0.05, 0) is 30.3 Å². The number of aromatic nitrogens is 4. The first-order chi connectivity index (χ1) is 9.06. The summed E-state index contributed by atoms with van der Waals surface area (Å²) >= 11 is 1.53. The first-order valence-electron chi connectivity index (χ1n) is 6.28. The predicted molar refractivity (Wildman–Crippen MR) is 76.1 cm³/mol. The van der Waals surface area contributed by atoms with E-state index < -0.39 is 0 Å². The third kappa shape index (κ3) is 3.78. The molecular formula is C13H19N5S. The van der Waals surface area contributed by atoms with Crippen LogP contribution in [0.2, 0.25) is 0 Å². The lowest BCUT2D eigenvalue weighted by Gasteiger charge is -2.08. The molecule has 0 aliphatic heterocycles. The van der Waals surface area contributed by atoms with E-state index in [1.165, 1.54) is 17.3 Å². The van der Waals surface area contributed by atoms with Crippen molar-refractivity contribution in [2.75, 3.05) is 0 Å². The fourth-order valence-corrected chi connectivity index (χ4v) is 2.25. The highest BCUT2D eigenvalue weighted by Gasteiger charge is 2.07. The second-order valence-electron chi connectivity index (χ2n) is 4.73. The van der Waals surface area contributed by atoms with Gasteiger partial charge in [-0.2, -0.15) is 0 Å². The molecule has 102 valence electrons. The Bertz CT molecular complexity index is 532. The molecule has 2 aromatic rings. The van der Waals surface area contributed by atoms with Gasteiger partial charge in [-0.3, -0.25) is 0 Å². The Morgan fingerprint density at radius 3 is 2.63 bits per heavy atom. The number of nitrogens with one attached hydrogen (secondary N) is 1. The Hall–Kier alpha value is -1.40. The molecule has 0 unspecified atom stereocenters. The van der Waals surface area contributed by atoms with Crippen molar-refractivity contribution in [3.8, 4) is 0 Å². The number of hydrogen-bond acceptors (Lipinski definition) is 5. The molecule has 0 saturated heterocycles. The molecule has 2 rings (SSSR count). The molecule has 0 saturated carbocycles. The van der Waals surface area contributed by atoms with E-state index in [2.05, 4.69) is 40.4 Å². The lowest BCUT2D eigenvalue weighted by molar-refractivity contribution is 0.587. The average Bonchev–Trinajstić information content (AvgIpc) is 2.70. The van der Waals surface area contributed by atoms with Crippen LogP contribution in [0.1, 0.15) is 25.2 Å². The van der Waals surface area contributed by atoms with Crippen molar-refractivity contribution in [1.29, 1.82) is 0 Å². The van der Waals surface area contributed by atoms with Gasteiger partial charge in [0.25, 0.3) is 0 Å². The van der Waals surface area contributed by atoms with Gasteiger partial charge in [0, 0.05) is 25.8 Å². The van der Waals surface area contributed by atoms with Crippen LogP contribution >= 0.6 is 11.8 Å². The highest BCUT2D eigenvalue weighted by molar-refractivity contribution is 7.99. The topological polar surface area (TPSA) is 55.6 Å². The molecule has 1 N–H and O–H groups in total. The summed E-state index contributed by atoms with van der Waals surface area (Å²) in [5.41, 5.74) is 1.19. The normalized spacial score (nSPS) is 11.2. The summed E-state index contributed by atoms with van der Waals surface area (Å²) in [4.78, 5) is 4.44. The van der Waals surface area contributed by atoms with E-state index in [4.69, 9.17) is 0 Å². The largest absolute Gasteiger partial charge is 0.310 e. The van der Waals surface area contributed by atoms with Gasteiger partial charge in [0.1, 0.15) is 10.9 Å². The van der Waals surface area contributed by atoms with Crippen LogP contribution in [-0.4, -0.2) is 25.8 Å². The zero-order chi connectivity index (χ0) is 13.8. The van der Waals surface area contributed by atoms with Crippen LogP contribution in [0.25, 0.3) is 0 Å². The van der Waals surface area contributed by atoms with Gasteiger partial charge in [0.05, 0.1) is 0 Å². The number of hydrogen-bond donors (Lipinski definition) is 1. The second-order valence-corrected chi connectivity index (χ2v) is 5.72. The molecule has 0 amide bonds. The van der Waals surface area contributed by atoms with E-state index in [0.717, 1.165) is 22.6 Å². The first-order valence-corrected chi connectivity index (χ1v) is 7.10. The van der Waals surface area contributed by atoms with Crippen molar-refractivity contribution >= 4 is 11.8 Å². The minimum absolute atomic E-state index is 0.482. The van der Waals surface area contributed by atoms with Crippen molar-refractivity contribution in [3.05, 3.63) is 29.7 Å². The Balaban J connectivity index is 2.00. The Kier molecular flexibility index (Phi) is 4.55. The van der Waals surface area contributed by atoms with Gasteiger partial charge in [0.2, 0.25) is 0 Å². The highest BCUT2D eigenvalue weighted by atomic mass is 32.2. The zero-order valence-electron chi connectivity index (χ0n) is 11.7. The molecule has 19 heavy (non-hydrogen) atoms. The summed E-state index contributed by atoms with van der Waals surface area (Å²) in [6.07, 6.45) is 1.90.